The van der Waals surface area contributed by atoms with E-state index in [-0.39, 0.29) is 17.5 Å². The molecule has 2 heterocycles. The summed E-state index contributed by atoms with van der Waals surface area (Å²) in [5, 5.41) is 11.1. The summed E-state index contributed by atoms with van der Waals surface area (Å²) in [6.07, 6.45) is 0. The van der Waals surface area contributed by atoms with Crippen LogP contribution in [0, 0.1) is 6.92 Å². The van der Waals surface area contributed by atoms with Gasteiger partial charge in [-0.3, -0.25) is 4.72 Å². The van der Waals surface area contributed by atoms with Crippen LogP contribution < -0.4 is 19.5 Å². The zero-order chi connectivity index (χ0) is 19.6. The molecule has 28 heavy (non-hydrogen) atoms. The monoisotopic (exact) mass is 398 g/mol. The van der Waals surface area contributed by atoms with Crippen molar-refractivity contribution in [3.8, 4) is 11.5 Å². The highest BCUT2D eigenvalue weighted by molar-refractivity contribution is 7.92. The quantitative estimate of drug-likeness (QED) is 0.658. The van der Waals surface area contributed by atoms with Crippen LogP contribution in [0.2, 0.25) is 0 Å². The molecule has 0 unspecified atom stereocenters. The van der Waals surface area contributed by atoms with Gasteiger partial charge in [0.1, 0.15) is 5.82 Å². The largest absolute Gasteiger partial charge is 0.454 e. The first-order valence-corrected chi connectivity index (χ1v) is 10.0. The van der Waals surface area contributed by atoms with E-state index >= 15 is 0 Å². The first-order valence-electron chi connectivity index (χ1n) is 8.56. The topological polar surface area (TPSA) is 102 Å². The maximum atomic E-state index is 12.5. The predicted octanol–water partition coefficient (Wildman–Crippen LogP) is 2.93. The molecular weight excluding hydrogens is 380 g/mol. The van der Waals surface area contributed by atoms with Crippen LogP contribution >= 0.6 is 0 Å². The molecule has 1 aromatic heterocycles. The molecule has 144 valence electrons. The number of aromatic nitrogens is 2. The maximum absolute atomic E-state index is 12.5. The second-order valence-electron chi connectivity index (χ2n) is 6.22. The Balaban J connectivity index is 1.41. The summed E-state index contributed by atoms with van der Waals surface area (Å²) in [5.74, 6) is 2.12. The molecule has 1 aliphatic rings. The van der Waals surface area contributed by atoms with Gasteiger partial charge in [0, 0.05) is 6.54 Å². The van der Waals surface area contributed by atoms with Crippen molar-refractivity contribution in [2.75, 3.05) is 16.8 Å². The summed E-state index contributed by atoms with van der Waals surface area (Å²) in [6, 6.07) is 15.7. The Labute approximate surface area is 162 Å². The number of aryl methyl sites for hydroxylation is 1. The summed E-state index contributed by atoms with van der Waals surface area (Å²) in [7, 11) is -3.72. The van der Waals surface area contributed by atoms with Gasteiger partial charge >= 0.3 is 0 Å². The van der Waals surface area contributed by atoms with Gasteiger partial charge in [0.25, 0.3) is 10.0 Å². The number of benzene rings is 2. The van der Waals surface area contributed by atoms with Gasteiger partial charge in [-0.25, -0.2) is 8.42 Å². The van der Waals surface area contributed by atoms with Gasteiger partial charge in [-0.15, -0.1) is 10.2 Å². The van der Waals surface area contributed by atoms with Gasteiger partial charge in [-0.05, 0) is 48.4 Å². The molecule has 0 radical (unpaired) electrons. The highest BCUT2D eigenvalue weighted by Crippen LogP contribution is 2.32. The molecule has 0 amide bonds. The maximum Gasteiger partial charge on any atom is 0.263 e. The lowest BCUT2D eigenvalue weighted by Crippen LogP contribution is -2.15. The lowest BCUT2D eigenvalue weighted by Gasteiger charge is -2.10. The molecule has 9 heteroatoms. The first kappa shape index (κ1) is 18.1. The Morgan fingerprint density at radius 2 is 1.71 bits per heavy atom. The van der Waals surface area contributed by atoms with E-state index in [4.69, 9.17) is 9.47 Å². The molecule has 0 atom stereocenters. The van der Waals surface area contributed by atoms with Crippen LogP contribution in [0.1, 0.15) is 11.1 Å². The summed E-state index contributed by atoms with van der Waals surface area (Å²) in [6.45, 7) is 2.49. The molecule has 2 aromatic carbocycles. The summed E-state index contributed by atoms with van der Waals surface area (Å²) in [5.41, 5.74) is 1.65. The van der Waals surface area contributed by atoms with Gasteiger partial charge in [0.15, 0.2) is 17.3 Å². The van der Waals surface area contributed by atoms with Crippen molar-refractivity contribution >= 4 is 21.7 Å². The molecule has 0 bridgehead atoms. The number of nitrogens with zero attached hydrogens (tertiary/aromatic N) is 2. The second kappa shape index (κ2) is 7.35. The Morgan fingerprint density at radius 1 is 0.964 bits per heavy atom. The molecule has 4 rings (SSSR count). The van der Waals surface area contributed by atoms with E-state index in [9.17, 15) is 8.42 Å². The lowest BCUT2D eigenvalue weighted by atomic mass is 10.2. The minimum atomic E-state index is -3.72. The molecular formula is C19H18N4O4S. The van der Waals surface area contributed by atoms with Gasteiger partial charge in [-0.2, -0.15) is 0 Å². The number of hydrogen-bond acceptors (Lipinski definition) is 7. The average Bonchev–Trinajstić information content (AvgIpc) is 3.15. The normalized spacial score (nSPS) is 12.6. The molecule has 0 fully saturated rings. The van der Waals surface area contributed by atoms with Crippen molar-refractivity contribution in [3.63, 3.8) is 0 Å². The fourth-order valence-electron chi connectivity index (χ4n) is 2.78. The summed E-state index contributed by atoms with van der Waals surface area (Å²) in [4.78, 5) is 0.210. The predicted molar refractivity (Wildman–Crippen MR) is 104 cm³/mol. The molecule has 3 aromatic rings. The summed E-state index contributed by atoms with van der Waals surface area (Å²) >= 11 is 0. The van der Waals surface area contributed by atoms with Gasteiger partial charge in [-0.1, -0.05) is 24.3 Å². The van der Waals surface area contributed by atoms with Crippen LogP contribution in [0.5, 0.6) is 11.5 Å². The highest BCUT2D eigenvalue weighted by Gasteiger charge is 2.17. The molecule has 0 saturated heterocycles. The van der Waals surface area contributed by atoms with Crippen LogP contribution in [-0.2, 0) is 16.6 Å². The molecule has 8 nitrogen and oxygen atoms in total. The van der Waals surface area contributed by atoms with E-state index in [0.29, 0.717) is 23.7 Å². The molecule has 0 spiro atoms. The molecule has 1 aliphatic heterocycles. The van der Waals surface area contributed by atoms with Crippen molar-refractivity contribution in [1.82, 2.24) is 10.2 Å². The Hall–Kier alpha value is -3.33. The molecule has 0 aliphatic carbocycles. The molecule has 2 N–H and O–H groups in total. The van der Waals surface area contributed by atoms with E-state index in [1.165, 1.54) is 0 Å². The smallest absolute Gasteiger partial charge is 0.263 e. The van der Waals surface area contributed by atoms with E-state index in [0.717, 1.165) is 11.3 Å². The zero-order valence-electron chi connectivity index (χ0n) is 15.0. The number of rotatable bonds is 6. The standard InChI is InChI=1S/C19H18N4O4S/c1-13-4-2-3-5-17(13)28(24,25)23-19-9-8-18(21-22-19)20-11-14-6-7-15-16(10-14)27-12-26-15/h2-10H,11-12H2,1H3,(H,20,21)(H,22,23). The van der Waals surface area contributed by atoms with Crippen LogP contribution in [0.3, 0.4) is 0 Å². The Kier molecular flexibility index (Phi) is 4.74. The third kappa shape index (κ3) is 3.84. The number of nitrogens with one attached hydrogen (secondary N) is 2. The minimum Gasteiger partial charge on any atom is -0.454 e. The number of anilines is 2. The van der Waals surface area contributed by atoms with E-state index in [1.807, 2.05) is 18.2 Å². The number of ether oxygens (including phenoxy) is 2. The van der Waals surface area contributed by atoms with Crippen LogP contribution in [0.15, 0.2) is 59.5 Å². The van der Waals surface area contributed by atoms with Crippen molar-refractivity contribution in [2.24, 2.45) is 0 Å². The Morgan fingerprint density at radius 3 is 2.50 bits per heavy atom. The van der Waals surface area contributed by atoms with E-state index < -0.39 is 10.0 Å². The SMILES string of the molecule is Cc1ccccc1S(=O)(=O)Nc1ccc(NCc2ccc3c(c2)OCO3)nn1. The lowest BCUT2D eigenvalue weighted by molar-refractivity contribution is 0.174. The number of hydrogen-bond donors (Lipinski definition) is 2. The van der Waals surface area contributed by atoms with Gasteiger partial charge < -0.3 is 14.8 Å². The van der Waals surface area contributed by atoms with Gasteiger partial charge in [0.05, 0.1) is 4.90 Å². The third-order valence-electron chi connectivity index (χ3n) is 4.20. The summed E-state index contributed by atoms with van der Waals surface area (Å²) < 4.78 is 38.1. The third-order valence-corrected chi connectivity index (χ3v) is 5.71. The van der Waals surface area contributed by atoms with Crippen LogP contribution in [0.4, 0.5) is 11.6 Å². The van der Waals surface area contributed by atoms with Crippen molar-refractivity contribution in [1.29, 1.82) is 0 Å². The van der Waals surface area contributed by atoms with Crippen LogP contribution in [-0.4, -0.2) is 25.4 Å². The fourth-order valence-corrected chi connectivity index (χ4v) is 4.02. The zero-order valence-corrected chi connectivity index (χ0v) is 15.9. The first-order chi connectivity index (χ1) is 13.5. The average molecular weight is 398 g/mol. The highest BCUT2D eigenvalue weighted by atomic mass is 32.2. The van der Waals surface area contributed by atoms with Crippen LogP contribution in [0.25, 0.3) is 0 Å². The van der Waals surface area contributed by atoms with Crippen molar-refractivity contribution in [2.45, 2.75) is 18.4 Å². The van der Waals surface area contributed by atoms with Gasteiger partial charge in [0.2, 0.25) is 6.79 Å². The van der Waals surface area contributed by atoms with Crippen molar-refractivity contribution in [3.05, 3.63) is 65.7 Å². The van der Waals surface area contributed by atoms with E-state index in [2.05, 4.69) is 20.2 Å². The Bertz CT molecular complexity index is 1100. The van der Waals surface area contributed by atoms with Crippen molar-refractivity contribution < 1.29 is 17.9 Å². The number of sulfonamides is 1. The number of fused-ring (bicyclic) bond motifs is 1. The second-order valence-corrected chi connectivity index (χ2v) is 7.87. The minimum absolute atomic E-state index is 0.150. The fraction of sp³-hybridized carbons (Fsp3) is 0.158. The van der Waals surface area contributed by atoms with E-state index in [1.54, 1.807) is 43.3 Å². The molecule has 0 saturated carbocycles.